The summed E-state index contributed by atoms with van der Waals surface area (Å²) in [6, 6.07) is 8.03. The van der Waals surface area contributed by atoms with E-state index in [0.29, 0.717) is 0 Å². The summed E-state index contributed by atoms with van der Waals surface area (Å²) in [5, 5.41) is 1.98. The van der Waals surface area contributed by atoms with Gasteiger partial charge in [0, 0.05) is 0 Å². The van der Waals surface area contributed by atoms with Crippen molar-refractivity contribution in [2.75, 3.05) is 7.11 Å². The van der Waals surface area contributed by atoms with Crippen LogP contribution in [0.3, 0.4) is 0 Å². The number of alkyl halides is 1. The molecule has 0 bridgehead atoms. The molecule has 0 saturated heterocycles. The van der Waals surface area contributed by atoms with Crippen molar-refractivity contribution in [2.24, 2.45) is 0 Å². The molecule has 1 heterocycles. The summed E-state index contributed by atoms with van der Waals surface area (Å²) in [6.07, 6.45) is 0. The molecule has 0 aliphatic rings. The smallest absolute Gasteiger partial charge is 0.133 e. The van der Waals surface area contributed by atoms with Gasteiger partial charge in [-0.05, 0) is 73.2 Å². The second-order valence-electron chi connectivity index (χ2n) is 3.44. The average molecular weight is 444 g/mol. The van der Waals surface area contributed by atoms with E-state index in [9.17, 15) is 0 Å². The lowest BCUT2D eigenvalue weighted by molar-refractivity contribution is 0.412. The Bertz CT molecular complexity index is 529. The second kappa shape index (κ2) is 5.91. The third-order valence-electron chi connectivity index (χ3n) is 2.35. The van der Waals surface area contributed by atoms with E-state index in [0.717, 1.165) is 21.3 Å². The fourth-order valence-corrected chi connectivity index (χ4v) is 3.78. The van der Waals surface area contributed by atoms with Crippen molar-refractivity contribution in [3.63, 3.8) is 0 Å². The zero-order chi connectivity index (χ0) is 12.4. The Labute approximate surface area is 131 Å². The molecule has 1 aromatic heterocycles. The summed E-state index contributed by atoms with van der Waals surface area (Å²) >= 11 is 13.9. The minimum atomic E-state index is -0.114. The maximum absolute atomic E-state index is 6.45. The molecule has 90 valence electrons. The number of halogens is 3. The van der Waals surface area contributed by atoms with Crippen molar-refractivity contribution in [1.29, 1.82) is 0 Å². The molecule has 0 aliphatic heterocycles. The number of hydrogen-bond acceptors (Lipinski definition) is 2. The lowest BCUT2D eigenvalue weighted by atomic mass is 10.1. The van der Waals surface area contributed by atoms with Crippen LogP contribution in [0, 0.1) is 2.88 Å². The van der Waals surface area contributed by atoms with Crippen LogP contribution >= 0.6 is 61.5 Å². The fraction of sp³-hybridized carbons (Fsp3) is 0.167. The predicted molar refractivity (Wildman–Crippen MR) is 85.4 cm³/mol. The summed E-state index contributed by atoms with van der Waals surface area (Å²) in [6.45, 7) is 0. The molecule has 0 spiro atoms. The molecule has 5 heteroatoms. The fourth-order valence-electron chi connectivity index (χ4n) is 1.49. The van der Waals surface area contributed by atoms with Gasteiger partial charge in [-0.25, -0.2) is 0 Å². The molecule has 2 rings (SSSR count). The molecule has 1 aromatic carbocycles. The largest absolute Gasteiger partial charge is 0.496 e. The molecule has 0 saturated carbocycles. The maximum Gasteiger partial charge on any atom is 0.133 e. The minimum absolute atomic E-state index is 0.114. The van der Waals surface area contributed by atoms with Crippen LogP contribution in [0.25, 0.3) is 0 Å². The first-order valence-corrected chi connectivity index (χ1v) is 8.02. The zero-order valence-corrected chi connectivity index (χ0v) is 14.2. The number of hydrogen-bond donors (Lipinski definition) is 0. The molecule has 0 aliphatic carbocycles. The molecule has 0 radical (unpaired) electrons. The highest BCUT2D eigenvalue weighted by molar-refractivity contribution is 14.1. The highest BCUT2D eigenvalue weighted by Crippen LogP contribution is 2.35. The van der Waals surface area contributed by atoms with Crippen LogP contribution in [0.15, 0.2) is 34.1 Å². The van der Waals surface area contributed by atoms with Gasteiger partial charge in [-0.1, -0.05) is 6.07 Å². The van der Waals surface area contributed by atoms with E-state index in [-0.39, 0.29) is 5.38 Å². The lowest BCUT2D eigenvalue weighted by Crippen LogP contribution is -1.92. The number of rotatable bonds is 3. The first kappa shape index (κ1) is 13.6. The van der Waals surface area contributed by atoms with Crippen LogP contribution in [-0.4, -0.2) is 7.11 Å². The first-order valence-electron chi connectivity index (χ1n) is 4.83. The molecule has 1 nitrogen and oxygen atoms in total. The van der Waals surface area contributed by atoms with E-state index in [1.54, 1.807) is 18.4 Å². The predicted octanol–water partition coefficient (Wildman–Crippen LogP) is 5.45. The summed E-state index contributed by atoms with van der Waals surface area (Å²) < 4.78 is 7.37. The van der Waals surface area contributed by atoms with E-state index in [1.807, 2.05) is 18.2 Å². The van der Waals surface area contributed by atoms with Gasteiger partial charge in [0.1, 0.15) is 5.75 Å². The van der Waals surface area contributed by atoms with E-state index >= 15 is 0 Å². The van der Waals surface area contributed by atoms with E-state index < -0.39 is 0 Å². The van der Waals surface area contributed by atoms with Gasteiger partial charge >= 0.3 is 0 Å². The number of methoxy groups -OCH3 is 1. The van der Waals surface area contributed by atoms with Crippen LogP contribution in [0.5, 0.6) is 5.75 Å². The Morgan fingerprint density at radius 2 is 2.12 bits per heavy atom. The van der Waals surface area contributed by atoms with Crippen molar-refractivity contribution in [2.45, 2.75) is 5.38 Å². The molecular formula is C12H9BrClIOS. The van der Waals surface area contributed by atoms with Gasteiger partial charge in [0.05, 0.1) is 19.8 Å². The van der Waals surface area contributed by atoms with Crippen LogP contribution in [-0.2, 0) is 0 Å². The summed E-state index contributed by atoms with van der Waals surface area (Å²) in [5.74, 6) is 0.817. The van der Waals surface area contributed by atoms with Gasteiger partial charge < -0.3 is 4.74 Å². The van der Waals surface area contributed by atoms with Gasteiger partial charge in [-0.2, -0.15) is 0 Å². The SMILES string of the molecule is COc1ccc(C(Cl)c2csc(I)c2)cc1Br. The topological polar surface area (TPSA) is 9.23 Å². The summed E-state index contributed by atoms with van der Waals surface area (Å²) in [7, 11) is 1.65. The lowest BCUT2D eigenvalue weighted by Gasteiger charge is -2.10. The zero-order valence-electron chi connectivity index (χ0n) is 8.91. The van der Waals surface area contributed by atoms with E-state index in [2.05, 4.69) is 50.0 Å². The first-order chi connectivity index (χ1) is 8.11. The molecule has 17 heavy (non-hydrogen) atoms. The molecule has 1 unspecified atom stereocenters. The monoisotopic (exact) mass is 442 g/mol. The summed E-state index contributed by atoms with van der Waals surface area (Å²) in [5.41, 5.74) is 2.20. The molecule has 0 fully saturated rings. The van der Waals surface area contributed by atoms with Crippen molar-refractivity contribution < 1.29 is 4.74 Å². The van der Waals surface area contributed by atoms with Crippen LogP contribution < -0.4 is 4.74 Å². The molecule has 2 aromatic rings. The molecule has 0 amide bonds. The third kappa shape index (κ3) is 3.16. The van der Waals surface area contributed by atoms with Crippen molar-refractivity contribution in [3.8, 4) is 5.75 Å². The van der Waals surface area contributed by atoms with Crippen LogP contribution in [0.1, 0.15) is 16.5 Å². The Morgan fingerprint density at radius 1 is 1.35 bits per heavy atom. The van der Waals surface area contributed by atoms with Crippen molar-refractivity contribution in [3.05, 3.63) is 48.1 Å². The number of benzene rings is 1. The Balaban J connectivity index is 2.31. The second-order valence-corrected chi connectivity index (χ2v) is 7.54. The van der Waals surface area contributed by atoms with Crippen molar-refractivity contribution in [1.82, 2.24) is 0 Å². The highest BCUT2D eigenvalue weighted by Gasteiger charge is 2.14. The Morgan fingerprint density at radius 3 is 2.65 bits per heavy atom. The molecule has 0 N–H and O–H groups in total. The maximum atomic E-state index is 6.45. The normalized spacial score (nSPS) is 12.5. The molecular weight excluding hydrogens is 434 g/mol. The Hall–Kier alpha value is 0.220. The standard InChI is InChI=1S/C12H9BrClIOS/c1-16-10-3-2-7(4-9(10)13)12(14)8-5-11(15)17-6-8/h2-6,12H,1H3. The van der Waals surface area contributed by atoms with Crippen LogP contribution in [0.2, 0.25) is 0 Å². The van der Waals surface area contributed by atoms with Gasteiger partial charge in [0.15, 0.2) is 0 Å². The van der Waals surface area contributed by atoms with Crippen molar-refractivity contribution >= 4 is 61.5 Å². The van der Waals surface area contributed by atoms with Gasteiger partial charge in [0.2, 0.25) is 0 Å². The Kier molecular flexibility index (Phi) is 4.74. The molecule has 1 atom stereocenters. The quantitative estimate of drug-likeness (QED) is 0.453. The van der Waals surface area contributed by atoms with E-state index in [1.165, 1.54) is 2.88 Å². The summed E-state index contributed by atoms with van der Waals surface area (Å²) in [4.78, 5) is 0. The highest BCUT2D eigenvalue weighted by atomic mass is 127. The third-order valence-corrected chi connectivity index (χ3v) is 5.28. The number of ether oxygens (including phenoxy) is 1. The van der Waals surface area contributed by atoms with Gasteiger partial charge in [0.25, 0.3) is 0 Å². The average Bonchev–Trinajstić information content (AvgIpc) is 2.75. The minimum Gasteiger partial charge on any atom is -0.496 e. The van der Waals surface area contributed by atoms with Gasteiger partial charge in [-0.3, -0.25) is 0 Å². The van der Waals surface area contributed by atoms with Crippen LogP contribution in [0.4, 0.5) is 0 Å². The number of thiophene rings is 1. The van der Waals surface area contributed by atoms with E-state index in [4.69, 9.17) is 16.3 Å². The van der Waals surface area contributed by atoms with Gasteiger partial charge in [-0.15, -0.1) is 22.9 Å².